The number of furan rings is 1. The van der Waals surface area contributed by atoms with Crippen LogP contribution in [-0.4, -0.2) is 38.1 Å². The first kappa shape index (κ1) is 16.6. The quantitative estimate of drug-likeness (QED) is 0.846. The summed E-state index contributed by atoms with van der Waals surface area (Å²) in [6, 6.07) is 9.84. The molecule has 1 amide bonds. The standard InChI is InChI=1S/C19H24N2O3/c1-14-6-7-17(24-14)12-20(2)13-19(22)21-10-4-5-15-11-16(23-3)8-9-18(15)21/h6-9,11H,4-5,10,12-13H2,1-3H3. The summed E-state index contributed by atoms with van der Waals surface area (Å²) < 4.78 is 10.9. The van der Waals surface area contributed by atoms with Gasteiger partial charge >= 0.3 is 0 Å². The molecular formula is C19H24N2O3. The smallest absolute Gasteiger partial charge is 0.241 e. The molecule has 0 unspecified atom stereocenters. The summed E-state index contributed by atoms with van der Waals surface area (Å²) in [6.45, 7) is 3.69. The molecule has 5 heteroatoms. The molecule has 0 N–H and O–H groups in total. The van der Waals surface area contributed by atoms with Gasteiger partial charge in [-0.15, -0.1) is 0 Å². The summed E-state index contributed by atoms with van der Waals surface area (Å²) in [7, 11) is 3.60. The number of anilines is 1. The zero-order valence-corrected chi connectivity index (χ0v) is 14.5. The highest BCUT2D eigenvalue weighted by Crippen LogP contribution is 2.30. The van der Waals surface area contributed by atoms with Gasteiger partial charge in [-0.25, -0.2) is 0 Å². The van der Waals surface area contributed by atoms with E-state index in [1.54, 1.807) is 7.11 Å². The van der Waals surface area contributed by atoms with Crippen LogP contribution in [0.25, 0.3) is 0 Å². The number of carbonyl (C=O) groups excluding carboxylic acids is 1. The predicted octanol–water partition coefficient (Wildman–Crippen LogP) is 3.01. The SMILES string of the molecule is COc1ccc2c(c1)CCCN2C(=O)CN(C)Cc1ccc(C)o1. The molecule has 0 saturated heterocycles. The van der Waals surface area contributed by atoms with E-state index in [4.69, 9.17) is 9.15 Å². The van der Waals surface area contributed by atoms with Gasteiger partial charge < -0.3 is 14.1 Å². The van der Waals surface area contributed by atoms with Crippen molar-refractivity contribution in [3.8, 4) is 5.75 Å². The summed E-state index contributed by atoms with van der Waals surface area (Å²) in [6.07, 6.45) is 1.96. The van der Waals surface area contributed by atoms with Crippen molar-refractivity contribution in [2.45, 2.75) is 26.3 Å². The second kappa shape index (κ2) is 7.09. The Kier molecular flexibility index (Phi) is 4.90. The van der Waals surface area contributed by atoms with Crippen molar-refractivity contribution in [1.82, 2.24) is 4.90 Å². The van der Waals surface area contributed by atoms with Gasteiger partial charge in [0.15, 0.2) is 0 Å². The Labute approximate surface area is 142 Å². The number of nitrogens with zero attached hydrogens (tertiary/aromatic N) is 2. The van der Waals surface area contributed by atoms with Crippen molar-refractivity contribution in [2.24, 2.45) is 0 Å². The molecular weight excluding hydrogens is 304 g/mol. The number of amides is 1. The fourth-order valence-electron chi connectivity index (χ4n) is 3.17. The zero-order chi connectivity index (χ0) is 17.1. The number of benzene rings is 1. The van der Waals surface area contributed by atoms with Gasteiger partial charge in [0.25, 0.3) is 0 Å². The number of likely N-dealkylation sites (N-methyl/N-ethyl adjacent to an activating group) is 1. The fraction of sp³-hybridized carbons (Fsp3) is 0.421. The van der Waals surface area contributed by atoms with Crippen LogP contribution in [0.4, 0.5) is 5.69 Å². The van der Waals surface area contributed by atoms with Gasteiger partial charge in [-0.3, -0.25) is 9.69 Å². The molecule has 0 spiro atoms. The molecule has 0 fully saturated rings. The number of fused-ring (bicyclic) bond motifs is 1. The highest BCUT2D eigenvalue weighted by atomic mass is 16.5. The van der Waals surface area contributed by atoms with Crippen LogP contribution in [0.1, 0.15) is 23.5 Å². The van der Waals surface area contributed by atoms with Gasteiger partial charge in [0.2, 0.25) is 5.91 Å². The number of hydrogen-bond donors (Lipinski definition) is 0. The van der Waals surface area contributed by atoms with Gasteiger partial charge in [-0.2, -0.15) is 0 Å². The molecule has 128 valence electrons. The topological polar surface area (TPSA) is 45.9 Å². The van der Waals surface area contributed by atoms with E-state index in [-0.39, 0.29) is 5.91 Å². The Morgan fingerprint density at radius 3 is 2.88 bits per heavy atom. The third kappa shape index (κ3) is 3.62. The summed E-state index contributed by atoms with van der Waals surface area (Å²) in [5, 5.41) is 0. The number of carbonyl (C=O) groups is 1. The molecule has 2 aromatic rings. The highest BCUT2D eigenvalue weighted by molar-refractivity contribution is 5.96. The number of aryl methyl sites for hydroxylation is 2. The third-order valence-corrected chi connectivity index (χ3v) is 4.33. The third-order valence-electron chi connectivity index (χ3n) is 4.33. The highest BCUT2D eigenvalue weighted by Gasteiger charge is 2.23. The normalized spacial score (nSPS) is 13.9. The van der Waals surface area contributed by atoms with E-state index in [1.165, 1.54) is 5.56 Å². The van der Waals surface area contributed by atoms with E-state index in [2.05, 4.69) is 0 Å². The molecule has 2 heterocycles. The van der Waals surface area contributed by atoms with E-state index in [1.807, 2.05) is 54.1 Å². The summed E-state index contributed by atoms with van der Waals surface area (Å²) in [4.78, 5) is 16.6. The van der Waals surface area contributed by atoms with Gasteiger partial charge in [-0.05, 0) is 62.7 Å². The van der Waals surface area contributed by atoms with Crippen molar-refractivity contribution >= 4 is 11.6 Å². The lowest BCUT2D eigenvalue weighted by molar-refractivity contribution is -0.119. The average Bonchev–Trinajstić information content (AvgIpc) is 2.98. The minimum absolute atomic E-state index is 0.117. The van der Waals surface area contributed by atoms with E-state index in [0.717, 1.165) is 42.3 Å². The first-order valence-corrected chi connectivity index (χ1v) is 8.28. The number of hydrogen-bond acceptors (Lipinski definition) is 4. The Morgan fingerprint density at radius 2 is 2.17 bits per heavy atom. The molecule has 1 aliphatic heterocycles. The maximum absolute atomic E-state index is 12.7. The summed E-state index contributed by atoms with van der Waals surface area (Å²) >= 11 is 0. The van der Waals surface area contributed by atoms with Crippen LogP contribution >= 0.6 is 0 Å². The molecule has 1 aromatic carbocycles. The van der Waals surface area contributed by atoms with E-state index >= 15 is 0 Å². The molecule has 3 rings (SSSR count). The molecule has 1 aromatic heterocycles. The van der Waals surface area contributed by atoms with Crippen LogP contribution in [0.15, 0.2) is 34.7 Å². The molecule has 5 nitrogen and oxygen atoms in total. The molecule has 0 atom stereocenters. The first-order chi connectivity index (χ1) is 11.6. The monoisotopic (exact) mass is 328 g/mol. The Morgan fingerprint density at radius 1 is 1.33 bits per heavy atom. The maximum atomic E-state index is 12.7. The van der Waals surface area contributed by atoms with Crippen LogP contribution in [0.2, 0.25) is 0 Å². The molecule has 24 heavy (non-hydrogen) atoms. The van der Waals surface area contributed by atoms with Gasteiger partial charge in [0, 0.05) is 12.2 Å². The van der Waals surface area contributed by atoms with Crippen molar-refractivity contribution in [2.75, 3.05) is 32.1 Å². The van der Waals surface area contributed by atoms with E-state index in [9.17, 15) is 4.79 Å². The average molecular weight is 328 g/mol. The van der Waals surface area contributed by atoms with Gasteiger partial charge in [0.1, 0.15) is 17.3 Å². The molecule has 0 saturated carbocycles. The van der Waals surface area contributed by atoms with E-state index in [0.29, 0.717) is 13.1 Å². The second-order valence-corrected chi connectivity index (χ2v) is 6.33. The lowest BCUT2D eigenvalue weighted by Crippen LogP contribution is -2.41. The Hall–Kier alpha value is -2.27. The van der Waals surface area contributed by atoms with Crippen molar-refractivity contribution < 1.29 is 13.9 Å². The van der Waals surface area contributed by atoms with Crippen LogP contribution in [0.3, 0.4) is 0 Å². The number of ether oxygens (including phenoxy) is 1. The summed E-state index contributed by atoms with van der Waals surface area (Å²) in [5.74, 6) is 2.73. The first-order valence-electron chi connectivity index (χ1n) is 8.28. The molecule has 0 aliphatic carbocycles. The second-order valence-electron chi connectivity index (χ2n) is 6.33. The predicted molar refractivity (Wildman–Crippen MR) is 93.4 cm³/mol. The Bertz CT molecular complexity index is 723. The van der Waals surface area contributed by atoms with Crippen LogP contribution in [0.5, 0.6) is 5.75 Å². The van der Waals surface area contributed by atoms with Gasteiger partial charge in [0.05, 0.1) is 20.2 Å². The van der Waals surface area contributed by atoms with Crippen LogP contribution < -0.4 is 9.64 Å². The lowest BCUT2D eigenvalue weighted by atomic mass is 10.0. The van der Waals surface area contributed by atoms with Crippen molar-refractivity contribution in [1.29, 1.82) is 0 Å². The number of methoxy groups -OCH3 is 1. The summed E-state index contributed by atoms with van der Waals surface area (Å²) in [5.41, 5.74) is 2.19. The molecule has 1 aliphatic rings. The largest absolute Gasteiger partial charge is 0.497 e. The van der Waals surface area contributed by atoms with Crippen molar-refractivity contribution in [3.05, 3.63) is 47.4 Å². The minimum Gasteiger partial charge on any atom is -0.497 e. The fourth-order valence-corrected chi connectivity index (χ4v) is 3.17. The van der Waals surface area contributed by atoms with Gasteiger partial charge in [-0.1, -0.05) is 0 Å². The molecule has 0 bridgehead atoms. The van der Waals surface area contributed by atoms with Crippen LogP contribution in [0, 0.1) is 6.92 Å². The Balaban J connectivity index is 1.67. The minimum atomic E-state index is 0.117. The zero-order valence-electron chi connectivity index (χ0n) is 14.5. The maximum Gasteiger partial charge on any atom is 0.241 e. The number of rotatable bonds is 5. The lowest BCUT2D eigenvalue weighted by Gasteiger charge is -2.31. The van der Waals surface area contributed by atoms with Crippen LogP contribution in [-0.2, 0) is 17.8 Å². The van der Waals surface area contributed by atoms with E-state index < -0.39 is 0 Å². The molecule has 0 radical (unpaired) electrons. The van der Waals surface area contributed by atoms with Crippen molar-refractivity contribution in [3.63, 3.8) is 0 Å².